The third-order valence-electron chi connectivity index (χ3n) is 1.86. The summed E-state index contributed by atoms with van der Waals surface area (Å²) < 4.78 is 0. The predicted octanol–water partition coefficient (Wildman–Crippen LogP) is 2.32. The van der Waals surface area contributed by atoms with Crippen LogP contribution in [0.2, 0.25) is 0 Å². The van der Waals surface area contributed by atoms with Gasteiger partial charge in [0.05, 0.1) is 0 Å². The van der Waals surface area contributed by atoms with Crippen molar-refractivity contribution in [1.82, 2.24) is 10.6 Å². The highest BCUT2D eigenvalue weighted by Gasteiger charge is 2.05. The third kappa shape index (κ3) is 13.4. The Morgan fingerprint density at radius 3 is 1.53 bits per heavy atom. The molecule has 3 nitrogen and oxygen atoms in total. The van der Waals surface area contributed by atoms with Crippen LogP contribution in [0.3, 0.4) is 0 Å². The maximum absolute atomic E-state index is 10.1. The van der Waals surface area contributed by atoms with Crippen molar-refractivity contribution < 1.29 is 4.79 Å². The van der Waals surface area contributed by atoms with Gasteiger partial charge in [-0.25, -0.2) is 0 Å². The predicted molar refractivity (Wildman–Crippen MR) is 67.0 cm³/mol. The fourth-order valence-corrected chi connectivity index (χ4v) is 1.19. The van der Waals surface area contributed by atoms with Crippen LogP contribution in [0, 0.1) is 0 Å². The Morgan fingerprint density at radius 1 is 0.867 bits per heavy atom. The summed E-state index contributed by atoms with van der Waals surface area (Å²) in [5.41, 5.74) is 0. The second-order valence-corrected chi connectivity index (χ2v) is 2.91. The lowest BCUT2D eigenvalue weighted by atomic mass is 10.4. The van der Waals surface area contributed by atoms with E-state index in [0.29, 0.717) is 0 Å². The minimum Gasteiger partial charge on any atom is -0.356 e. The highest BCUT2D eigenvalue weighted by Crippen LogP contribution is 1.93. The molecule has 0 aliphatic carbocycles. The molecule has 2 saturated heterocycles. The van der Waals surface area contributed by atoms with Crippen LogP contribution in [-0.2, 0) is 4.79 Å². The summed E-state index contributed by atoms with van der Waals surface area (Å²) in [6.07, 6.45) is 4.54. The Labute approximate surface area is 95.0 Å². The van der Waals surface area contributed by atoms with Gasteiger partial charge in [-0.15, -0.1) is 0 Å². The first kappa shape index (κ1) is 16.8. The van der Waals surface area contributed by atoms with Crippen LogP contribution in [0.4, 0.5) is 0 Å². The molecule has 1 amide bonds. The first-order valence-corrected chi connectivity index (χ1v) is 6.37. The standard InChI is InChI=1S/C4H7NO.C4H9N.2C2H6/c6-4-2-1-3-5-4;1-2-4-5-3-1;2*1-2/h1-3H2,(H,5,6);5H,1-4H2;2*1-2H3. The van der Waals surface area contributed by atoms with Crippen LogP contribution in [0.15, 0.2) is 0 Å². The summed E-state index contributed by atoms with van der Waals surface area (Å²) >= 11 is 0. The summed E-state index contributed by atoms with van der Waals surface area (Å²) in [7, 11) is 0. The fraction of sp³-hybridized carbons (Fsp3) is 0.917. The Kier molecular flexibility index (Phi) is 17.8. The van der Waals surface area contributed by atoms with Crippen molar-refractivity contribution in [2.75, 3.05) is 19.6 Å². The Hall–Kier alpha value is -0.570. The van der Waals surface area contributed by atoms with Crippen molar-refractivity contribution >= 4 is 5.91 Å². The van der Waals surface area contributed by atoms with E-state index in [9.17, 15) is 4.79 Å². The van der Waals surface area contributed by atoms with Gasteiger partial charge in [0.1, 0.15) is 0 Å². The van der Waals surface area contributed by atoms with E-state index < -0.39 is 0 Å². The van der Waals surface area contributed by atoms with E-state index in [-0.39, 0.29) is 5.91 Å². The van der Waals surface area contributed by atoms with E-state index in [2.05, 4.69) is 10.6 Å². The van der Waals surface area contributed by atoms with E-state index >= 15 is 0 Å². The summed E-state index contributed by atoms with van der Waals surface area (Å²) in [6.45, 7) is 11.4. The second kappa shape index (κ2) is 15.9. The molecule has 0 unspecified atom stereocenters. The molecular formula is C12H28N2O. The van der Waals surface area contributed by atoms with Crippen molar-refractivity contribution in [2.45, 2.75) is 53.4 Å². The molecule has 0 aromatic heterocycles. The average molecular weight is 216 g/mol. The smallest absolute Gasteiger partial charge is 0.220 e. The van der Waals surface area contributed by atoms with Gasteiger partial charge in [-0.3, -0.25) is 4.79 Å². The fourth-order valence-electron chi connectivity index (χ4n) is 1.19. The number of carbonyl (C=O) groups excluding carboxylic acids is 1. The molecular weight excluding hydrogens is 188 g/mol. The SMILES string of the molecule is C1CCNC1.CC.CC.O=C1CCCN1. The van der Waals surface area contributed by atoms with E-state index in [1.165, 1.54) is 25.9 Å². The number of nitrogens with one attached hydrogen (secondary N) is 2. The van der Waals surface area contributed by atoms with Gasteiger partial charge >= 0.3 is 0 Å². The molecule has 2 fully saturated rings. The average Bonchev–Trinajstić information content (AvgIpc) is 2.98. The molecule has 0 atom stereocenters. The van der Waals surface area contributed by atoms with Gasteiger partial charge in [-0.1, -0.05) is 27.7 Å². The third-order valence-corrected chi connectivity index (χ3v) is 1.86. The van der Waals surface area contributed by atoms with Crippen LogP contribution in [-0.4, -0.2) is 25.5 Å². The zero-order valence-corrected chi connectivity index (χ0v) is 10.9. The molecule has 0 radical (unpaired) electrons. The van der Waals surface area contributed by atoms with Crippen molar-refractivity contribution in [3.63, 3.8) is 0 Å². The largest absolute Gasteiger partial charge is 0.356 e. The first-order chi connectivity index (χ1) is 7.39. The maximum atomic E-state index is 10.1. The number of amides is 1. The van der Waals surface area contributed by atoms with E-state index in [1.54, 1.807) is 0 Å². The number of rotatable bonds is 0. The minimum atomic E-state index is 0.204. The lowest BCUT2D eigenvalue weighted by Crippen LogP contribution is -2.12. The molecule has 15 heavy (non-hydrogen) atoms. The number of hydrogen-bond acceptors (Lipinski definition) is 2. The molecule has 0 bridgehead atoms. The maximum Gasteiger partial charge on any atom is 0.220 e. The van der Waals surface area contributed by atoms with E-state index in [1.807, 2.05) is 27.7 Å². The van der Waals surface area contributed by atoms with Gasteiger partial charge in [-0.2, -0.15) is 0 Å². The normalized spacial score (nSPS) is 17.2. The van der Waals surface area contributed by atoms with Gasteiger partial charge in [0.2, 0.25) is 5.91 Å². The van der Waals surface area contributed by atoms with Crippen molar-refractivity contribution in [1.29, 1.82) is 0 Å². The molecule has 0 saturated carbocycles. The molecule has 2 heterocycles. The molecule has 2 N–H and O–H groups in total. The molecule has 3 heteroatoms. The van der Waals surface area contributed by atoms with E-state index in [0.717, 1.165) is 19.4 Å². The van der Waals surface area contributed by atoms with Crippen molar-refractivity contribution in [3.05, 3.63) is 0 Å². The molecule has 2 aliphatic heterocycles. The summed E-state index contributed by atoms with van der Waals surface area (Å²) in [5, 5.41) is 5.90. The highest BCUT2D eigenvalue weighted by atomic mass is 16.1. The lowest BCUT2D eigenvalue weighted by molar-refractivity contribution is -0.119. The first-order valence-electron chi connectivity index (χ1n) is 6.37. The topological polar surface area (TPSA) is 41.1 Å². The zero-order valence-electron chi connectivity index (χ0n) is 10.9. The Balaban J connectivity index is 0. The van der Waals surface area contributed by atoms with Crippen LogP contribution in [0.5, 0.6) is 0 Å². The van der Waals surface area contributed by atoms with Gasteiger partial charge in [0, 0.05) is 13.0 Å². The van der Waals surface area contributed by atoms with Gasteiger partial charge < -0.3 is 10.6 Å². The van der Waals surface area contributed by atoms with Crippen LogP contribution >= 0.6 is 0 Å². The van der Waals surface area contributed by atoms with E-state index in [4.69, 9.17) is 0 Å². The van der Waals surface area contributed by atoms with Crippen molar-refractivity contribution in [3.8, 4) is 0 Å². The monoisotopic (exact) mass is 216 g/mol. The molecule has 2 aliphatic rings. The Morgan fingerprint density at radius 2 is 1.40 bits per heavy atom. The zero-order chi connectivity index (χ0) is 11.9. The molecule has 92 valence electrons. The summed E-state index contributed by atoms with van der Waals surface area (Å²) in [6, 6.07) is 0. The molecule has 0 aromatic carbocycles. The van der Waals surface area contributed by atoms with Gasteiger partial charge in [0.15, 0.2) is 0 Å². The van der Waals surface area contributed by atoms with Crippen LogP contribution in [0.25, 0.3) is 0 Å². The Bertz CT molecular complexity index is 107. The summed E-state index contributed by atoms with van der Waals surface area (Å²) in [4.78, 5) is 10.1. The summed E-state index contributed by atoms with van der Waals surface area (Å²) in [5.74, 6) is 0.204. The second-order valence-electron chi connectivity index (χ2n) is 2.91. The number of carbonyl (C=O) groups is 1. The van der Waals surface area contributed by atoms with Gasteiger partial charge in [-0.05, 0) is 32.4 Å². The van der Waals surface area contributed by atoms with Gasteiger partial charge in [0.25, 0.3) is 0 Å². The lowest BCUT2D eigenvalue weighted by Gasteiger charge is -1.80. The molecule has 0 aromatic rings. The minimum absolute atomic E-state index is 0.204. The molecule has 0 spiro atoms. The number of hydrogen-bond donors (Lipinski definition) is 2. The van der Waals surface area contributed by atoms with Crippen LogP contribution in [0.1, 0.15) is 53.4 Å². The quantitative estimate of drug-likeness (QED) is 0.652. The highest BCUT2D eigenvalue weighted by molar-refractivity contribution is 5.77. The molecule has 2 rings (SSSR count). The van der Waals surface area contributed by atoms with Crippen LogP contribution < -0.4 is 10.6 Å². The van der Waals surface area contributed by atoms with Crippen molar-refractivity contribution in [2.24, 2.45) is 0 Å².